The third-order valence-electron chi connectivity index (χ3n) is 3.73. The van der Waals surface area contributed by atoms with Crippen LogP contribution < -0.4 is 10.6 Å². The van der Waals surface area contributed by atoms with Gasteiger partial charge in [0.25, 0.3) is 0 Å². The van der Waals surface area contributed by atoms with Crippen molar-refractivity contribution in [1.29, 1.82) is 0 Å². The summed E-state index contributed by atoms with van der Waals surface area (Å²) in [6.45, 7) is 15.9. The lowest BCUT2D eigenvalue weighted by atomic mass is 9.80. The Balaban J connectivity index is 2.28. The summed E-state index contributed by atoms with van der Waals surface area (Å²) in [4.78, 5) is 0. The van der Waals surface area contributed by atoms with Gasteiger partial charge in [-0.25, -0.2) is 0 Å². The van der Waals surface area contributed by atoms with Gasteiger partial charge in [-0.05, 0) is 85.7 Å². The molecule has 0 aromatic heterocycles. The lowest BCUT2D eigenvalue weighted by Crippen LogP contribution is -2.42. The second kappa shape index (κ2) is 6.38. The van der Waals surface area contributed by atoms with Gasteiger partial charge < -0.3 is 10.6 Å². The molecule has 18 heavy (non-hydrogen) atoms. The third-order valence-corrected chi connectivity index (χ3v) is 3.73. The first-order valence-electron chi connectivity index (χ1n) is 7.66. The molecule has 2 atom stereocenters. The summed E-state index contributed by atoms with van der Waals surface area (Å²) >= 11 is 0. The molecule has 0 heterocycles. The lowest BCUT2D eigenvalue weighted by molar-refractivity contribution is 0.226. The topological polar surface area (TPSA) is 24.1 Å². The average molecular weight is 254 g/mol. The molecule has 2 nitrogen and oxygen atoms in total. The predicted molar refractivity (Wildman–Crippen MR) is 81.0 cm³/mol. The van der Waals surface area contributed by atoms with Crippen molar-refractivity contribution >= 4 is 0 Å². The van der Waals surface area contributed by atoms with Crippen LogP contribution in [0.15, 0.2) is 0 Å². The molecule has 1 aliphatic rings. The van der Waals surface area contributed by atoms with E-state index in [1.54, 1.807) is 0 Å². The van der Waals surface area contributed by atoms with Crippen LogP contribution in [-0.4, -0.2) is 24.2 Å². The number of rotatable bonds is 4. The van der Waals surface area contributed by atoms with Gasteiger partial charge in [-0.2, -0.15) is 0 Å². The maximum atomic E-state index is 3.66. The zero-order chi connectivity index (χ0) is 13.8. The molecule has 0 radical (unpaired) electrons. The number of nitrogens with one attached hydrogen (secondary N) is 2. The molecule has 1 rings (SSSR count). The van der Waals surface area contributed by atoms with Crippen LogP contribution in [0, 0.1) is 11.8 Å². The van der Waals surface area contributed by atoms with Crippen molar-refractivity contribution in [3.8, 4) is 0 Å². The van der Waals surface area contributed by atoms with Crippen molar-refractivity contribution in [2.45, 2.75) is 78.3 Å². The van der Waals surface area contributed by atoms with Crippen molar-refractivity contribution < 1.29 is 0 Å². The second-order valence-electron chi connectivity index (χ2n) is 8.16. The molecule has 1 aliphatic carbocycles. The van der Waals surface area contributed by atoms with Crippen molar-refractivity contribution in [3.05, 3.63) is 0 Å². The highest BCUT2D eigenvalue weighted by molar-refractivity contribution is 4.81. The zero-order valence-electron chi connectivity index (χ0n) is 13.4. The Hall–Kier alpha value is -0.0800. The van der Waals surface area contributed by atoms with Crippen LogP contribution in [0.3, 0.4) is 0 Å². The normalized spacial score (nSPS) is 26.3. The molecule has 2 unspecified atom stereocenters. The summed E-state index contributed by atoms with van der Waals surface area (Å²) in [5, 5.41) is 7.33. The second-order valence-corrected chi connectivity index (χ2v) is 8.16. The Morgan fingerprint density at radius 1 is 0.778 bits per heavy atom. The highest BCUT2D eigenvalue weighted by Gasteiger charge is 2.24. The van der Waals surface area contributed by atoms with E-state index in [0.29, 0.717) is 0 Å². The molecule has 0 aromatic rings. The SMILES string of the molecule is CC(C)(C)NCC1CCCC(CNC(C)(C)C)C1. The molecular weight excluding hydrogens is 220 g/mol. The standard InChI is InChI=1S/C16H34N2/c1-15(2,3)17-11-13-8-7-9-14(10-13)12-18-16(4,5)6/h13-14,17-18H,7-12H2,1-6H3. The van der Waals surface area contributed by atoms with Crippen molar-refractivity contribution in [2.75, 3.05) is 13.1 Å². The Morgan fingerprint density at radius 3 is 1.50 bits per heavy atom. The first kappa shape index (κ1) is 16.0. The number of hydrogen-bond acceptors (Lipinski definition) is 2. The van der Waals surface area contributed by atoms with Gasteiger partial charge in [-0.1, -0.05) is 6.42 Å². The summed E-state index contributed by atoms with van der Waals surface area (Å²) < 4.78 is 0. The van der Waals surface area contributed by atoms with E-state index in [-0.39, 0.29) is 11.1 Å². The fraction of sp³-hybridized carbons (Fsp3) is 1.00. The molecular formula is C16H34N2. The minimum absolute atomic E-state index is 0.261. The largest absolute Gasteiger partial charge is 0.312 e. The molecule has 1 fully saturated rings. The van der Waals surface area contributed by atoms with E-state index in [9.17, 15) is 0 Å². The fourth-order valence-corrected chi connectivity index (χ4v) is 2.67. The van der Waals surface area contributed by atoms with Crippen LogP contribution in [0.1, 0.15) is 67.2 Å². The van der Waals surface area contributed by atoms with Crippen molar-refractivity contribution in [3.63, 3.8) is 0 Å². The summed E-state index contributed by atoms with van der Waals surface area (Å²) in [5.41, 5.74) is 0.521. The minimum atomic E-state index is 0.261. The van der Waals surface area contributed by atoms with Gasteiger partial charge in [-0.3, -0.25) is 0 Å². The Kier molecular flexibility index (Phi) is 5.67. The van der Waals surface area contributed by atoms with Gasteiger partial charge in [0.15, 0.2) is 0 Å². The Bertz CT molecular complexity index is 210. The first-order chi connectivity index (χ1) is 8.16. The van der Waals surface area contributed by atoms with Crippen LogP contribution >= 0.6 is 0 Å². The van der Waals surface area contributed by atoms with E-state index in [0.717, 1.165) is 11.8 Å². The maximum absolute atomic E-state index is 3.66. The van der Waals surface area contributed by atoms with E-state index in [4.69, 9.17) is 0 Å². The molecule has 1 saturated carbocycles. The van der Waals surface area contributed by atoms with Gasteiger partial charge in [0.05, 0.1) is 0 Å². The van der Waals surface area contributed by atoms with Gasteiger partial charge in [-0.15, -0.1) is 0 Å². The maximum Gasteiger partial charge on any atom is 0.00966 e. The molecule has 2 heteroatoms. The van der Waals surface area contributed by atoms with Gasteiger partial charge in [0.2, 0.25) is 0 Å². The monoisotopic (exact) mass is 254 g/mol. The predicted octanol–water partition coefficient (Wildman–Crippen LogP) is 3.57. The molecule has 0 saturated heterocycles. The zero-order valence-corrected chi connectivity index (χ0v) is 13.4. The number of hydrogen-bond donors (Lipinski definition) is 2. The quantitative estimate of drug-likeness (QED) is 0.801. The van der Waals surface area contributed by atoms with Crippen molar-refractivity contribution in [2.24, 2.45) is 11.8 Å². The molecule has 2 N–H and O–H groups in total. The molecule has 0 aliphatic heterocycles. The van der Waals surface area contributed by atoms with Crippen LogP contribution in [0.4, 0.5) is 0 Å². The van der Waals surface area contributed by atoms with Gasteiger partial charge in [0, 0.05) is 11.1 Å². The fourth-order valence-electron chi connectivity index (χ4n) is 2.67. The van der Waals surface area contributed by atoms with E-state index in [2.05, 4.69) is 52.2 Å². The Morgan fingerprint density at radius 2 is 1.17 bits per heavy atom. The van der Waals surface area contributed by atoms with Crippen LogP contribution in [0.2, 0.25) is 0 Å². The average Bonchev–Trinajstić information content (AvgIpc) is 2.22. The minimum Gasteiger partial charge on any atom is -0.312 e. The highest BCUT2D eigenvalue weighted by atomic mass is 15.0. The van der Waals surface area contributed by atoms with Crippen LogP contribution in [-0.2, 0) is 0 Å². The highest BCUT2D eigenvalue weighted by Crippen LogP contribution is 2.28. The summed E-state index contributed by atoms with van der Waals surface area (Å²) in [6.07, 6.45) is 5.63. The van der Waals surface area contributed by atoms with E-state index in [1.807, 2.05) is 0 Å². The smallest absolute Gasteiger partial charge is 0.00966 e. The Labute approximate surface area is 114 Å². The van der Waals surface area contributed by atoms with Gasteiger partial charge in [0.1, 0.15) is 0 Å². The third kappa shape index (κ3) is 7.38. The molecule has 108 valence electrons. The first-order valence-corrected chi connectivity index (χ1v) is 7.66. The van der Waals surface area contributed by atoms with E-state index in [1.165, 1.54) is 38.8 Å². The molecule has 0 amide bonds. The molecule has 0 spiro atoms. The molecule has 0 bridgehead atoms. The lowest BCUT2D eigenvalue weighted by Gasteiger charge is -2.33. The van der Waals surface area contributed by atoms with E-state index >= 15 is 0 Å². The summed E-state index contributed by atoms with van der Waals surface area (Å²) in [7, 11) is 0. The van der Waals surface area contributed by atoms with Crippen LogP contribution in [0.25, 0.3) is 0 Å². The van der Waals surface area contributed by atoms with Crippen molar-refractivity contribution in [1.82, 2.24) is 10.6 Å². The summed E-state index contributed by atoms with van der Waals surface area (Å²) in [6, 6.07) is 0. The van der Waals surface area contributed by atoms with Gasteiger partial charge >= 0.3 is 0 Å². The van der Waals surface area contributed by atoms with Crippen LogP contribution in [0.5, 0.6) is 0 Å². The molecule has 0 aromatic carbocycles. The van der Waals surface area contributed by atoms with E-state index < -0.39 is 0 Å². The summed E-state index contributed by atoms with van der Waals surface area (Å²) in [5.74, 6) is 1.76.